The molecule has 23 heavy (non-hydrogen) atoms. The molecular formula is C20H22N2O. The van der Waals surface area contributed by atoms with Crippen LogP contribution in [0.25, 0.3) is 6.08 Å². The summed E-state index contributed by atoms with van der Waals surface area (Å²) >= 11 is 0. The molecule has 0 aromatic heterocycles. The Morgan fingerprint density at radius 3 is 2.87 bits per heavy atom. The number of hydrogen-bond acceptors (Lipinski definition) is 2. The van der Waals surface area contributed by atoms with Crippen LogP contribution in [-0.4, -0.2) is 12.5 Å². The fourth-order valence-electron chi connectivity index (χ4n) is 2.85. The summed E-state index contributed by atoms with van der Waals surface area (Å²) in [5.74, 6) is -0.0720. The number of carbonyl (C=O) groups is 1. The second-order valence-corrected chi connectivity index (χ2v) is 5.92. The van der Waals surface area contributed by atoms with Crippen LogP contribution in [0.15, 0.2) is 54.6 Å². The van der Waals surface area contributed by atoms with E-state index in [4.69, 9.17) is 0 Å². The summed E-state index contributed by atoms with van der Waals surface area (Å²) in [7, 11) is 0. The van der Waals surface area contributed by atoms with Crippen LogP contribution in [0.4, 0.5) is 5.69 Å². The minimum atomic E-state index is -0.0720. The molecule has 3 rings (SSSR count). The van der Waals surface area contributed by atoms with Crippen molar-refractivity contribution in [2.45, 2.75) is 25.8 Å². The molecule has 1 amide bonds. The van der Waals surface area contributed by atoms with Gasteiger partial charge in [0.1, 0.15) is 0 Å². The zero-order valence-electron chi connectivity index (χ0n) is 13.4. The first kappa shape index (κ1) is 15.3. The van der Waals surface area contributed by atoms with Crippen LogP contribution in [0.3, 0.4) is 0 Å². The van der Waals surface area contributed by atoms with Crippen molar-refractivity contribution >= 4 is 17.7 Å². The molecule has 1 aliphatic heterocycles. The quantitative estimate of drug-likeness (QED) is 0.840. The third kappa shape index (κ3) is 4.01. The van der Waals surface area contributed by atoms with E-state index in [9.17, 15) is 4.79 Å². The second kappa shape index (κ2) is 7.14. The highest BCUT2D eigenvalue weighted by Gasteiger charge is 2.12. The lowest BCUT2D eigenvalue weighted by molar-refractivity contribution is -0.117. The first-order valence-corrected chi connectivity index (χ1v) is 8.13. The Bertz CT molecular complexity index is 707. The van der Waals surface area contributed by atoms with Crippen molar-refractivity contribution in [3.05, 3.63) is 71.3 Å². The van der Waals surface area contributed by atoms with E-state index >= 15 is 0 Å². The van der Waals surface area contributed by atoms with E-state index in [0.29, 0.717) is 0 Å². The molecule has 1 unspecified atom stereocenters. The Balaban J connectivity index is 1.63. The summed E-state index contributed by atoms with van der Waals surface area (Å²) in [5.41, 5.74) is 4.74. The largest absolute Gasteiger partial charge is 0.385 e. The zero-order valence-corrected chi connectivity index (χ0v) is 13.4. The maximum Gasteiger partial charge on any atom is 0.244 e. The van der Waals surface area contributed by atoms with Crippen molar-refractivity contribution < 1.29 is 4.79 Å². The van der Waals surface area contributed by atoms with Crippen molar-refractivity contribution in [3.8, 4) is 0 Å². The Morgan fingerprint density at radius 1 is 1.22 bits per heavy atom. The van der Waals surface area contributed by atoms with Crippen molar-refractivity contribution in [2.75, 3.05) is 11.9 Å². The monoisotopic (exact) mass is 306 g/mol. The van der Waals surface area contributed by atoms with Gasteiger partial charge >= 0.3 is 0 Å². The fraction of sp³-hybridized carbons (Fsp3) is 0.250. The second-order valence-electron chi connectivity index (χ2n) is 5.92. The van der Waals surface area contributed by atoms with Crippen LogP contribution in [0.5, 0.6) is 0 Å². The van der Waals surface area contributed by atoms with E-state index in [1.54, 1.807) is 6.08 Å². The van der Waals surface area contributed by atoms with E-state index in [1.165, 1.54) is 11.3 Å². The van der Waals surface area contributed by atoms with Gasteiger partial charge < -0.3 is 10.6 Å². The Labute approximate surface area is 137 Å². The van der Waals surface area contributed by atoms with Gasteiger partial charge in [-0.15, -0.1) is 0 Å². The smallest absolute Gasteiger partial charge is 0.244 e. The number of aryl methyl sites for hydroxylation is 1. The van der Waals surface area contributed by atoms with Gasteiger partial charge in [-0.05, 0) is 48.6 Å². The van der Waals surface area contributed by atoms with Crippen molar-refractivity contribution in [1.82, 2.24) is 5.32 Å². The fourth-order valence-corrected chi connectivity index (χ4v) is 2.85. The van der Waals surface area contributed by atoms with E-state index in [-0.39, 0.29) is 11.9 Å². The summed E-state index contributed by atoms with van der Waals surface area (Å²) in [5, 5.41) is 6.44. The van der Waals surface area contributed by atoms with Crippen LogP contribution >= 0.6 is 0 Å². The molecule has 0 spiro atoms. The van der Waals surface area contributed by atoms with Crippen LogP contribution < -0.4 is 10.6 Å². The number of carbonyl (C=O) groups excluding carboxylic acids is 1. The maximum absolute atomic E-state index is 12.1. The Morgan fingerprint density at radius 2 is 2.04 bits per heavy atom. The maximum atomic E-state index is 12.1. The van der Waals surface area contributed by atoms with Gasteiger partial charge in [-0.25, -0.2) is 0 Å². The predicted molar refractivity (Wildman–Crippen MR) is 95.3 cm³/mol. The summed E-state index contributed by atoms with van der Waals surface area (Å²) in [6.45, 7) is 3.06. The minimum absolute atomic E-state index is 0.00449. The Kier molecular flexibility index (Phi) is 4.77. The molecule has 118 valence electrons. The van der Waals surface area contributed by atoms with Gasteiger partial charge in [0, 0.05) is 18.3 Å². The molecule has 2 N–H and O–H groups in total. The van der Waals surface area contributed by atoms with E-state index in [2.05, 4.69) is 28.8 Å². The van der Waals surface area contributed by atoms with Crippen LogP contribution in [0.2, 0.25) is 0 Å². The standard InChI is InChI=1S/C20H22N2O/c1-15(17-10-11-19-18(14-17)8-5-13-21-19)22-20(23)12-9-16-6-3-2-4-7-16/h2-4,6-7,9-12,14-15,21H,5,8,13H2,1H3,(H,22,23). The molecule has 0 radical (unpaired) electrons. The average Bonchev–Trinajstić information content (AvgIpc) is 2.60. The highest BCUT2D eigenvalue weighted by atomic mass is 16.1. The van der Waals surface area contributed by atoms with Gasteiger partial charge in [-0.3, -0.25) is 4.79 Å². The molecule has 0 saturated carbocycles. The molecule has 0 bridgehead atoms. The van der Waals surface area contributed by atoms with Gasteiger partial charge in [0.2, 0.25) is 5.91 Å². The summed E-state index contributed by atoms with van der Waals surface area (Å²) < 4.78 is 0. The van der Waals surface area contributed by atoms with E-state index < -0.39 is 0 Å². The minimum Gasteiger partial charge on any atom is -0.385 e. The number of hydrogen-bond donors (Lipinski definition) is 2. The van der Waals surface area contributed by atoms with Gasteiger partial charge in [0.25, 0.3) is 0 Å². The van der Waals surface area contributed by atoms with Gasteiger partial charge in [0.15, 0.2) is 0 Å². The number of anilines is 1. The van der Waals surface area contributed by atoms with Crippen LogP contribution in [0.1, 0.15) is 36.1 Å². The molecule has 3 nitrogen and oxygen atoms in total. The lowest BCUT2D eigenvalue weighted by atomic mass is 9.98. The normalized spacial score (nSPS) is 14.8. The summed E-state index contributed by atoms with van der Waals surface area (Å²) in [6.07, 6.45) is 5.69. The highest BCUT2D eigenvalue weighted by molar-refractivity contribution is 5.91. The molecular weight excluding hydrogens is 284 g/mol. The summed E-state index contributed by atoms with van der Waals surface area (Å²) in [6, 6.07) is 16.2. The van der Waals surface area contributed by atoms with Crippen molar-refractivity contribution in [1.29, 1.82) is 0 Å². The van der Waals surface area contributed by atoms with Crippen molar-refractivity contribution in [2.24, 2.45) is 0 Å². The van der Waals surface area contributed by atoms with Gasteiger partial charge in [-0.1, -0.05) is 42.5 Å². The molecule has 2 aromatic rings. The molecule has 0 aliphatic carbocycles. The van der Waals surface area contributed by atoms with E-state index in [0.717, 1.165) is 30.5 Å². The van der Waals surface area contributed by atoms with Gasteiger partial charge in [0.05, 0.1) is 6.04 Å². The predicted octanol–water partition coefficient (Wildman–Crippen LogP) is 3.94. The number of benzene rings is 2. The molecule has 0 saturated heterocycles. The van der Waals surface area contributed by atoms with E-state index in [1.807, 2.05) is 43.3 Å². The molecule has 0 fully saturated rings. The first-order valence-electron chi connectivity index (χ1n) is 8.13. The lowest BCUT2D eigenvalue weighted by Crippen LogP contribution is -2.25. The Hall–Kier alpha value is -2.55. The highest BCUT2D eigenvalue weighted by Crippen LogP contribution is 2.25. The van der Waals surface area contributed by atoms with Crippen molar-refractivity contribution in [3.63, 3.8) is 0 Å². The summed E-state index contributed by atoms with van der Waals surface area (Å²) in [4.78, 5) is 12.1. The number of nitrogens with one attached hydrogen (secondary N) is 2. The molecule has 3 heteroatoms. The molecule has 2 aromatic carbocycles. The zero-order chi connectivity index (χ0) is 16.1. The topological polar surface area (TPSA) is 41.1 Å². The molecule has 1 atom stereocenters. The molecule has 1 aliphatic rings. The first-order chi connectivity index (χ1) is 11.2. The lowest BCUT2D eigenvalue weighted by Gasteiger charge is -2.21. The van der Waals surface area contributed by atoms with Crippen LogP contribution in [0, 0.1) is 0 Å². The SMILES string of the molecule is CC(NC(=O)C=Cc1ccccc1)c1ccc2c(c1)CCCN2. The average molecular weight is 306 g/mol. The molecule has 1 heterocycles. The van der Waals surface area contributed by atoms with Gasteiger partial charge in [-0.2, -0.15) is 0 Å². The third-order valence-corrected chi connectivity index (χ3v) is 4.15. The number of amides is 1. The number of fused-ring (bicyclic) bond motifs is 1. The number of rotatable bonds is 4. The van der Waals surface area contributed by atoms with Crippen LogP contribution in [-0.2, 0) is 11.2 Å². The third-order valence-electron chi connectivity index (χ3n) is 4.15.